The first-order valence-electron chi connectivity index (χ1n) is 27.2. The number of hydrogen-bond acceptors (Lipinski definition) is 5. The first kappa shape index (κ1) is 54.9. The summed E-state index contributed by atoms with van der Waals surface area (Å²) < 4.78 is 0. The van der Waals surface area contributed by atoms with E-state index in [0.717, 1.165) is 28.3 Å². The number of nitrogens with zero attached hydrogens (tertiary/aromatic N) is 5. The Labute approximate surface area is 373 Å². The fourth-order valence-corrected chi connectivity index (χ4v) is 12.2. The van der Waals surface area contributed by atoms with Crippen molar-refractivity contribution in [2.24, 2.45) is 27.1 Å². The van der Waals surface area contributed by atoms with Gasteiger partial charge in [0.15, 0.2) is 0 Å². The van der Waals surface area contributed by atoms with E-state index in [1.165, 1.54) is 207 Å². The summed E-state index contributed by atoms with van der Waals surface area (Å²) in [7, 11) is 2.29. The van der Waals surface area contributed by atoms with Crippen LogP contribution in [0.3, 0.4) is 0 Å². The van der Waals surface area contributed by atoms with Crippen LogP contribution in [0.2, 0.25) is 0 Å². The Morgan fingerprint density at radius 3 is 1.22 bits per heavy atom. The Morgan fingerprint density at radius 1 is 0.407 bits per heavy atom. The normalized spacial score (nSPS) is 26.3. The fraction of sp³-hybridized carbons (Fsp3) is 1.00. The molecule has 0 N–H and O–H groups in total. The van der Waals surface area contributed by atoms with E-state index in [0.29, 0.717) is 10.8 Å². The van der Waals surface area contributed by atoms with Gasteiger partial charge in [-0.1, -0.05) is 123 Å². The lowest BCUT2D eigenvalue weighted by molar-refractivity contribution is -0.101. The Bertz CT molecular complexity index is 1000. The summed E-state index contributed by atoms with van der Waals surface area (Å²) in [5.41, 5.74) is 3.73. The Balaban J connectivity index is 0.000000312. The van der Waals surface area contributed by atoms with Crippen molar-refractivity contribution in [2.75, 3.05) is 85.6 Å². The van der Waals surface area contributed by atoms with Crippen LogP contribution in [0.15, 0.2) is 0 Å². The molecule has 8 fully saturated rings. The van der Waals surface area contributed by atoms with E-state index < -0.39 is 0 Å². The van der Waals surface area contributed by atoms with E-state index >= 15 is 0 Å². The van der Waals surface area contributed by atoms with Crippen LogP contribution >= 0.6 is 0 Å². The molecule has 0 amide bonds. The average Bonchev–Trinajstić information content (AvgIpc) is 4.20. The summed E-state index contributed by atoms with van der Waals surface area (Å²) in [5, 5.41) is 0. The van der Waals surface area contributed by atoms with Gasteiger partial charge in [0, 0.05) is 57.9 Å². The highest BCUT2D eigenvalue weighted by molar-refractivity contribution is 5.06. The molecule has 5 heteroatoms. The smallest absolute Gasteiger partial charge is 0.0120 e. The molecule has 8 rings (SSSR count). The van der Waals surface area contributed by atoms with Crippen molar-refractivity contribution in [3.8, 4) is 0 Å². The Morgan fingerprint density at radius 2 is 0.831 bits per heavy atom. The van der Waals surface area contributed by atoms with Crippen LogP contribution in [0.25, 0.3) is 0 Å². The molecule has 8 aliphatic rings. The van der Waals surface area contributed by atoms with Gasteiger partial charge in [-0.25, -0.2) is 0 Å². The van der Waals surface area contributed by atoms with E-state index in [4.69, 9.17) is 0 Å². The maximum atomic E-state index is 2.87. The van der Waals surface area contributed by atoms with E-state index in [2.05, 4.69) is 73.1 Å². The van der Waals surface area contributed by atoms with Gasteiger partial charge in [0.2, 0.25) is 0 Å². The van der Waals surface area contributed by atoms with E-state index in [-0.39, 0.29) is 0 Å². The van der Waals surface area contributed by atoms with Gasteiger partial charge in [-0.2, -0.15) is 0 Å². The first-order valence-corrected chi connectivity index (χ1v) is 27.2. The molecule has 3 aliphatic carbocycles. The highest BCUT2D eigenvalue weighted by atomic mass is 15.3. The SMILES string of the molecule is CC.CC.CC.CC.CCC1(CC)CC1.CCC1(CN2CC3(CCC(N4CC5(CCN(C)CC5)C4)CC3)C2)CC1.CCCN1CCC(N2CC(CCC)(CCC)C2)CC1. The second-order valence-electron chi connectivity index (χ2n) is 20.6. The molecule has 0 bridgehead atoms. The van der Waals surface area contributed by atoms with Crippen molar-refractivity contribution in [1.82, 2.24) is 24.5 Å². The van der Waals surface area contributed by atoms with Crippen molar-refractivity contribution in [3.63, 3.8) is 0 Å². The Hall–Kier alpha value is -0.200. The summed E-state index contributed by atoms with van der Waals surface area (Å²) in [6, 6.07) is 1.82. The summed E-state index contributed by atoms with van der Waals surface area (Å²) >= 11 is 0. The maximum absolute atomic E-state index is 2.87. The molecule has 0 unspecified atom stereocenters. The van der Waals surface area contributed by atoms with Gasteiger partial charge >= 0.3 is 0 Å². The topological polar surface area (TPSA) is 16.2 Å². The minimum Gasteiger partial charge on any atom is -0.306 e. The van der Waals surface area contributed by atoms with Crippen molar-refractivity contribution in [3.05, 3.63) is 0 Å². The molecular weight excluding hydrogens is 719 g/mol. The van der Waals surface area contributed by atoms with Crippen LogP contribution < -0.4 is 0 Å². The van der Waals surface area contributed by atoms with E-state index in [1.54, 1.807) is 0 Å². The van der Waals surface area contributed by atoms with Crippen LogP contribution in [0.4, 0.5) is 0 Å². The molecule has 0 aromatic carbocycles. The summed E-state index contributed by atoms with van der Waals surface area (Å²) in [5.74, 6) is 0. The predicted octanol–water partition coefficient (Wildman–Crippen LogP) is 13.9. The number of piperidine rings is 2. The average molecular weight is 831 g/mol. The zero-order chi connectivity index (χ0) is 44.2. The van der Waals surface area contributed by atoms with Gasteiger partial charge < -0.3 is 14.7 Å². The number of likely N-dealkylation sites (tertiary alicyclic amines) is 5. The van der Waals surface area contributed by atoms with Crippen LogP contribution in [0, 0.1) is 27.1 Å². The molecule has 5 nitrogen and oxygen atoms in total. The zero-order valence-electron chi connectivity index (χ0n) is 43.5. The molecule has 5 saturated heterocycles. The molecule has 0 radical (unpaired) electrons. The summed E-state index contributed by atoms with van der Waals surface area (Å²) in [4.78, 5) is 13.6. The van der Waals surface area contributed by atoms with Gasteiger partial charge in [-0.15, -0.1) is 0 Å². The molecule has 2 spiro atoms. The highest BCUT2D eigenvalue weighted by Gasteiger charge is 2.52. The molecule has 3 saturated carbocycles. The van der Waals surface area contributed by atoms with Crippen LogP contribution in [-0.4, -0.2) is 122 Å². The lowest BCUT2D eigenvalue weighted by Crippen LogP contribution is -2.65. The maximum Gasteiger partial charge on any atom is 0.0120 e. The molecule has 0 aromatic rings. The fourth-order valence-electron chi connectivity index (χ4n) is 12.2. The molecule has 5 aliphatic heterocycles. The summed E-state index contributed by atoms with van der Waals surface area (Å²) in [6.07, 6.45) is 28.9. The molecule has 0 aromatic heterocycles. The van der Waals surface area contributed by atoms with E-state index in [9.17, 15) is 0 Å². The minimum atomic E-state index is 0.698. The van der Waals surface area contributed by atoms with Gasteiger partial charge in [0.1, 0.15) is 0 Å². The Kier molecular flexibility index (Phi) is 25.3. The second-order valence-corrected chi connectivity index (χ2v) is 20.6. The van der Waals surface area contributed by atoms with Gasteiger partial charge in [0.05, 0.1) is 0 Å². The van der Waals surface area contributed by atoms with Gasteiger partial charge in [0.25, 0.3) is 0 Å². The lowest BCUT2D eigenvalue weighted by Gasteiger charge is -2.60. The first-order chi connectivity index (χ1) is 28.6. The third kappa shape index (κ3) is 15.8. The van der Waals surface area contributed by atoms with Crippen molar-refractivity contribution >= 4 is 0 Å². The summed E-state index contributed by atoms with van der Waals surface area (Å²) in [6.45, 7) is 46.5. The zero-order valence-corrected chi connectivity index (χ0v) is 43.5. The molecule has 0 atom stereocenters. The van der Waals surface area contributed by atoms with Crippen molar-refractivity contribution in [2.45, 2.75) is 237 Å². The molecule has 59 heavy (non-hydrogen) atoms. The van der Waals surface area contributed by atoms with Gasteiger partial charge in [-0.05, 0) is 170 Å². The van der Waals surface area contributed by atoms with Crippen LogP contribution in [-0.2, 0) is 0 Å². The van der Waals surface area contributed by atoms with Gasteiger partial charge in [-0.3, -0.25) is 9.80 Å². The number of rotatable bonds is 13. The van der Waals surface area contributed by atoms with Crippen molar-refractivity contribution in [1.29, 1.82) is 0 Å². The third-order valence-electron chi connectivity index (χ3n) is 16.7. The lowest BCUT2D eigenvalue weighted by atomic mass is 9.65. The molecule has 5 heterocycles. The molecular formula is C54H111N5. The number of hydrogen-bond donors (Lipinski definition) is 0. The second kappa shape index (κ2) is 27.2. The quantitative estimate of drug-likeness (QED) is 0.183. The standard InChI is InChI=1S/C22H39N3.C17H34N2.C7H14.4C2H6/c1-3-20(8-9-20)14-24-15-21(16-24)6-4-19(5-7-21)25-17-22(18-25)10-12-23(2)13-11-22;1-4-9-17(10-5-2)14-19(15-17)16-7-12-18(11-6-3)13-8-16;1-3-7(4-2)5-6-7;4*1-2/h19H,3-18H2,1-2H3;16H,4-15H2,1-3H3;3-6H2,1-2H3;4*1-2H3. The minimum absolute atomic E-state index is 0.698. The van der Waals surface area contributed by atoms with Crippen LogP contribution in [0.5, 0.6) is 0 Å². The monoisotopic (exact) mass is 830 g/mol. The van der Waals surface area contributed by atoms with Crippen molar-refractivity contribution < 1.29 is 0 Å². The predicted molar refractivity (Wildman–Crippen MR) is 265 cm³/mol. The van der Waals surface area contributed by atoms with E-state index in [1.807, 2.05) is 55.4 Å². The highest BCUT2D eigenvalue weighted by Crippen LogP contribution is 2.54. The van der Waals surface area contributed by atoms with Crippen LogP contribution in [0.1, 0.15) is 225 Å². The largest absolute Gasteiger partial charge is 0.306 e. The third-order valence-corrected chi connectivity index (χ3v) is 16.7. The molecule has 352 valence electrons.